The van der Waals surface area contributed by atoms with Crippen LogP contribution in [-0.2, 0) is 11.3 Å². The van der Waals surface area contributed by atoms with Gasteiger partial charge >= 0.3 is 6.03 Å². The van der Waals surface area contributed by atoms with Crippen LogP contribution >= 0.6 is 0 Å². The number of carbonyl (C=O) groups is 2. The number of likely N-dealkylation sites (tertiary alicyclic amines) is 1. The highest BCUT2D eigenvalue weighted by Crippen LogP contribution is 2.26. The first kappa shape index (κ1) is 18.7. The van der Waals surface area contributed by atoms with Gasteiger partial charge in [0.2, 0.25) is 11.8 Å². The molecule has 3 rings (SSSR count). The van der Waals surface area contributed by atoms with Crippen molar-refractivity contribution in [3.05, 3.63) is 53.7 Å². The quantitative estimate of drug-likeness (QED) is 0.847. The van der Waals surface area contributed by atoms with Crippen LogP contribution in [-0.4, -0.2) is 34.9 Å². The van der Waals surface area contributed by atoms with E-state index in [0.717, 1.165) is 29.7 Å². The minimum absolute atomic E-state index is 0.0911. The average Bonchev–Trinajstić information content (AvgIpc) is 2.69. The van der Waals surface area contributed by atoms with Crippen LogP contribution in [0.15, 0.2) is 42.6 Å². The maximum absolute atomic E-state index is 12.5. The van der Waals surface area contributed by atoms with Gasteiger partial charge in [0.05, 0.1) is 5.92 Å². The summed E-state index contributed by atoms with van der Waals surface area (Å²) >= 11 is 0. The van der Waals surface area contributed by atoms with Gasteiger partial charge in [0.25, 0.3) is 0 Å². The van der Waals surface area contributed by atoms with Gasteiger partial charge in [0.15, 0.2) is 0 Å². The number of rotatable bonds is 5. The van der Waals surface area contributed by atoms with Crippen molar-refractivity contribution in [1.82, 2.24) is 15.2 Å². The maximum atomic E-state index is 12.5. The van der Waals surface area contributed by atoms with Gasteiger partial charge in [-0.2, -0.15) is 0 Å². The Bertz CT molecular complexity index is 824. The van der Waals surface area contributed by atoms with Crippen molar-refractivity contribution in [3.8, 4) is 11.6 Å². The topological polar surface area (TPSA) is 97.6 Å². The highest BCUT2D eigenvalue weighted by molar-refractivity contribution is 5.80. The molecule has 1 aliphatic heterocycles. The van der Waals surface area contributed by atoms with Crippen LogP contribution in [0.25, 0.3) is 0 Å². The van der Waals surface area contributed by atoms with Crippen molar-refractivity contribution in [1.29, 1.82) is 0 Å². The Kier molecular flexibility index (Phi) is 5.90. The Morgan fingerprint density at radius 2 is 2.11 bits per heavy atom. The molecule has 7 nitrogen and oxygen atoms in total. The summed E-state index contributed by atoms with van der Waals surface area (Å²) in [4.78, 5) is 29.7. The summed E-state index contributed by atoms with van der Waals surface area (Å²) in [6, 6.07) is 10.9. The van der Waals surface area contributed by atoms with E-state index >= 15 is 0 Å². The summed E-state index contributed by atoms with van der Waals surface area (Å²) in [5.41, 5.74) is 7.13. The molecule has 0 spiro atoms. The number of aromatic nitrogens is 1. The summed E-state index contributed by atoms with van der Waals surface area (Å²) in [5, 5.41) is 2.93. The first-order valence-electron chi connectivity index (χ1n) is 9.04. The number of pyridine rings is 1. The van der Waals surface area contributed by atoms with E-state index in [2.05, 4.69) is 10.3 Å². The molecule has 1 aromatic carbocycles. The number of ether oxygens (including phenoxy) is 1. The van der Waals surface area contributed by atoms with Gasteiger partial charge in [-0.05, 0) is 37.5 Å². The standard InChI is InChI=1S/C20H24N4O3/c1-14-6-2-3-9-17(14)27-19-15(7-4-10-22-19)12-23-18(25)16-8-5-11-24(13-16)20(21)26/h2-4,6-7,9-10,16H,5,8,11-13H2,1H3,(H2,21,26)(H,23,25). The van der Waals surface area contributed by atoms with Gasteiger partial charge in [-0.15, -0.1) is 0 Å². The maximum Gasteiger partial charge on any atom is 0.314 e. The molecule has 1 unspecified atom stereocenters. The van der Waals surface area contributed by atoms with Crippen LogP contribution in [0.5, 0.6) is 11.6 Å². The number of nitrogens with one attached hydrogen (secondary N) is 1. The van der Waals surface area contributed by atoms with Crippen molar-refractivity contribution in [3.63, 3.8) is 0 Å². The van der Waals surface area contributed by atoms with E-state index in [-0.39, 0.29) is 11.8 Å². The normalized spacial score (nSPS) is 16.6. The first-order chi connectivity index (χ1) is 13.0. The minimum atomic E-state index is -0.478. The fourth-order valence-corrected chi connectivity index (χ4v) is 3.14. The SMILES string of the molecule is Cc1ccccc1Oc1ncccc1CNC(=O)C1CCCN(C(N)=O)C1. The number of nitrogens with zero attached hydrogens (tertiary/aromatic N) is 2. The molecule has 0 saturated carbocycles. The number of aryl methyl sites for hydroxylation is 1. The van der Waals surface area contributed by atoms with Gasteiger partial charge in [-0.1, -0.05) is 24.3 Å². The van der Waals surface area contributed by atoms with Gasteiger partial charge in [-0.3, -0.25) is 4.79 Å². The van der Waals surface area contributed by atoms with E-state index in [4.69, 9.17) is 10.5 Å². The highest BCUT2D eigenvalue weighted by Gasteiger charge is 2.27. The van der Waals surface area contributed by atoms with Crippen LogP contribution in [0.3, 0.4) is 0 Å². The molecule has 27 heavy (non-hydrogen) atoms. The van der Waals surface area contributed by atoms with Crippen LogP contribution in [0.4, 0.5) is 4.79 Å². The van der Waals surface area contributed by atoms with Crippen molar-refractivity contribution >= 4 is 11.9 Å². The summed E-state index contributed by atoms with van der Waals surface area (Å²) in [6.07, 6.45) is 3.18. The van der Waals surface area contributed by atoms with E-state index in [1.54, 1.807) is 6.20 Å². The zero-order valence-corrected chi connectivity index (χ0v) is 15.4. The lowest BCUT2D eigenvalue weighted by Crippen LogP contribution is -2.47. The second kappa shape index (κ2) is 8.53. The number of para-hydroxylation sites is 1. The smallest absolute Gasteiger partial charge is 0.314 e. The number of nitrogens with two attached hydrogens (primary N) is 1. The van der Waals surface area contributed by atoms with Gasteiger partial charge in [0.1, 0.15) is 5.75 Å². The predicted molar refractivity (Wildman–Crippen MR) is 101 cm³/mol. The largest absolute Gasteiger partial charge is 0.438 e. The molecule has 3 N–H and O–H groups in total. The third kappa shape index (κ3) is 4.75. The van der Waals surface area contributed by atoms with Crippen LogP contribution in [0, 0.1) is 12.8 Å². The monoisotopic (exact) mass is 368 g/mol. The number of hydrogen-bond acceptors (Lipinski definition) is 4. The fraction of sp³-hybridized carbons (Fsp3) is 0.350. The van der Waals surface area contributed by atoms with E-state index in [0.29, 0.717) is 25.5 Å². The van der Waals surface area contributed by atoms with Gasteiger partial charge in [-0.25, -0.2) is 9.78 Å². The molecule has 0 radical (unpaired) electrons. The van der Waals surface area contributed by atoms with Crippen molar-refractivity contribution in [2.24, 2.45) is 11.7 Å². The Hall–Kier alpha value is -3.09. The molecule has 1 fully saturated rings. The molecule has 1 aromatic heterocycles. The van der Waals surface area contributed by atoms with Gasteiger partial charge in [0, 0.05) is 31.4 Å². The molecule has 2 aromatic rings. The molecule has 2 heterocycles. The van der Waals surface area contributed by atoms with E-state index < -0.39 is 6.03 Å². The molecule has 142 valence electrons. The molecule has 1 atom stereocenters. The minimum Gasteiger partial charge on any atom is -0.438 e. The van der Waals surface area contributed by atoms with Crippen molar-refractivity contribution < 1.29 is 14.3 Å². The average molecular weight is 368 g/mol. The summed E-state index contributed by atoms with van der Waals surface area (Å²) in [5.74, 6) is 0.859. The number of piperidine rings is 1. The lowest BCUT2D eigenvalue weighted by Gasteiger charge is -2.30. The summed E-state index contributed by atoms with van der Waals surface area (Å²) in [6.45, 7) is 3.24. The van der Waals surface area contributed by atoms with E-state index in [1.165, 1.54) is 4.90 Å². The summed E-state index contributed by atoms with van der Waals surface area (Å²) < 4.78 is 5.93. The van der Waals surface area contributed by atoms with Crippen molar-refractivity contribution in [2.75, 3.05) is 13.1 Å². The fourth-order valence-electron chi connectivity index (χ4n) is 3.14. The van der Waals surface area contributed by atoms with Gasteiger partial charge < -0.3 is 20.7 Å². The Morgan fingerprint density at radius 3 is 2.89 bits per heavy atom. The predicted octanol–water partition coefficient (Wildman–Crippen LogP) is 2.59. The Morgan fingerprint density at radius 1 is 1.30 bits per heavy atom. The molecule has 7 heteroatoms. The second-order valence-corrected chi connectivity index (χ2v) is 6.68. The molecule has 3 amide bonds. The van der Waals surface area contributed by atoms with Crippen LogP contribution in [0.1, 0.15) is 24.0 Å². The van der Waals surface area contributed by atoms with Crippen LogP contribution in [0.2, 0.25) is 0 Å². The van der Waals surface area contributed by atoms with E-state index in [1.807, 2.05) is 43.3 Å². The zero-order chi connectivity index (χ0) is 19.2. The molecular weight excluding hydrogens is 344 g/mol. The number of benzene rings is 1. The van der Waals surface area contributed by atoms with Crippen LogP contribution < -0.4 is 15.8 Å². The number of carbonyl (C=O) groups excluding carboxylic acids is 2. The highest BCUT2D eigenvalue weighted by atomic mass is 16.5. The Labute approximate surface area is 158 Å². The molecule has 0 bridgehead atoms. The molecule has 1 saturated heterocycles. The molecule has 0 aliphatic carbocycles. The first-order valence-corrected chi connectivity index (χ1v) is 9.04. The zero-order valence-electron chi connectivity index (χ0n) is 15.4. The third-order valence-corrected chi connectivity index (χ3v) is 4.71. The lowest BCUT2D eigenvalue weighted by atomic mass is 9.97. The number of hydrogen-bond donors (Lipinski definition) is 2. The van der Waals surface area contributed by atoms with E-state index in [9.17, 15) is 9.59 Å². The molecule has 1 aliphatic rings. The number of urea groups is 1. The Balaban J connectivity index is 1.64. The third-order valence-electron chi connectivity index (χ3n) is 4.71. The second-order valence-electron chi connectivity index (χ2n) is 6.68. The molecular formula is C20H24N4O3. The number of amides is 3. The summed E-state index contributed by atoms with van der Waals surface area (Å²) in [7, 11) is 0. The van der Waals surface area contributed by atoms with Crippen molar-refractivity contribution in [2.45, 2.75) is 26.3 Å². The number of primary amides is 1. The lowest BCUT2D eigenvalue weighted by molar-refractivity contribution is -0.126.